The molecule has 0 atom stereocenters. The van der Waals surface area contributed by atoms with Crippen LogP contribution in [-0.4, -0.2) is 25.8 Å². The number of carbonyl (C=O) groups excluding carboxylic acids is 1. The topological polar surface area (TPSA) is 52.7 Å². The smallest absolute Gasteiger partial charge is 0.167 e. The summed E-state index contributed by atoms with van der Waals surface area (Å²) in [4.78, 5) is 11.3. The fourth-order valence-electron chi connectivity index (χ4n) is 2.03. The lowest BCUT2D eigenvalue weighted by Crippen LogP contribution is -2.07. The molecule has 0 aliphatic rings. The van der Waals surface area contributed by atoms with Crippen LogP contribution < -0.4 is 0 Å². The van der Waals surface area contributed by atoms with Crippen LogP contribution in [0.15, 0.2) is 48.8 Å². The minimum atomic E-state index is 0.549. The maximum atomic E-state index is 11.3. The van der Waals surface area contributed by atoms with E-state index in [1.165, 1.54) is 0 Å². The van der Waals surface area contributed by atoms with Crippen molar-refractivity contribution in [1.82, 2.24) is 19.6 Å². The predicted octanol–water partition coefficient (Wildman–Crippen LogP) is 2.18. The molecule has 5 nitrogen and oxygen atoms in total. The van der Waals surface area contributed by atoms with E-state index < -0.39 is 0 Å². The highest BCUT2D eigenvalue weighted by molar-refractivity contribution is 5.82. The lowest BCUT2D eigenvalue weighted by Gasteiger charge is -2.07. The standard InChI is InChI=1S/C14H12N4O/c1-11-13(10-19)14(17-9-5-8-15-17)18(16-11)12-6-3-2-4-7-12/h2-10H,1H3. The van der Waals surface area contributed by atoms with Crippen LogP contribution in [0, 0.1) is 6.92 Å². The molecule has 2 heterocycles. The predicted molar refractivity (Wildman–Crippen MR) is 70.8 cm³/mol. The Morgan fingerprint density at radius 1 is 1.16 bits per heavy atom. The number of benzene rings is 1. The Hall–Kier alpha value is -2.69. The van der Waals surface area contributed by atoms with Gasteiger partial charge in [0, 0.05) is 12.4 Å². The van der Waals surface area contributed by atoms with Gasteiger partial charge < -0.3 is 0 Å². The molecule has 3 aromatic rings. The van der Waals surface area contributed by atoms with Gasteiger partial charge in [-0.05, 0) is 25.1 Å². The number of aromatic nitrogens is 4. The van der Waals surface area contributed by atoms with Crippen LogP contribution >= 0.6 is 0 Å². The number of rotatable bonds is 3. The largest absolute Gasteiger partial charge is 0.298 e. The van der Waals surface area contributed by atoms with Gasteiger partial charge in [-0.15, -0.1) is 0 Å². The molecule has 0 bridgehead atoms. The van der Waals surface area contributed by atoms with E-state index in [-0.39, 0.29) is 0 Å². The first-order valence-corrected chi connectivity index (χ1v) is 5.91. The zero-order chi connectivity index (χ0) is 13.2. The van der Waals surface area contributed by atoms with Gasteiger partial charge in [0.25, 0.3) is 0 Å². The van der Waals surface area contributed by atoms with Crippen molar-refractivity contribution in [2.24, 2.45) is 0 Å². The van der Waals surface area contributed by atoms with E-state index in [2.05, 4.69) is 10.2 Å². The van der Waals surface area contributed by atoms with E-state index in [1.807, 2.05) is 43.3 Å². The van der Waals surface area contributed by atoms with Crippen molar-refractivity contribution < 1.29 is 4.79 Å². The number of aldehydes is 1. The molecule has 1 aromatic carbocycles. The molecule has 0 spiro atoms. The summed E-state index contributed by atoms with van der Waals surface area (Å²) in [7, 11) is 0. The molecule has 0 radical (unpaired) electrons. The van der Waals surface area contributed by atoms with E-state index in [9.17, 15) is 4.79 Å². The monoisotopic (exact) mass is 252 g/mol. The molecule has 3 rings (SSSR count). The van der Waals surface area contributed by atoms with Gasteiger partial charge in [0.2, 0.25) is 0 Å². The molecule has 2 aromatic heterocycles. The molecule has 0 N–H and O–H groups in total. The fraction of sp³-hybridized carbons (Fsp3) is 0.0714. The van der Waals surface area contributed by atoms with E-state index in [4.69, 9.17) is 0 Å². The molecule has 0 saturated heterocycles. The number of hydrogen-bond acceptors (Lipinski definition) is 3. The average Bonchev–Trinajstić information content (AvgIpc) is 3.06. The van der Waals surface area contributed by atoms with Crippen LogP contribution in [0.1, 0.15) is 16.1 Å². The van der Waals surface area contributed by atoms with Crippen molar-refractivity contribution in [3.05, 3.63) is 60.0 Å². The third-order valence-corrected chi connectivity index (χ3v) is 2.92. The first-order chi connectivity index (χ1) is 9.31. The first kappa shape index (κ1) is 11.4. The Balaban J connectivity index is 2.29. The third-order valence-electron chi connectivity index (χ3n) is 2.92. The summed E-state index contributed by atoms with van der Waals surface area (Å²) in [5, 5.41) is 8.62. The highest BCUT2D eigenvalue weighted by atomic mass is 16.1. The van der Waals surface area contributed by atoms with Crippen LogP contribution in [0.2, 0.25) is 0 Å². The summed E-state index contributed by atoms with van der Waals surface area (Å²) in [5.74, 6) is 0.656. The summed E-state index contributed by atoms with van der Waals surface area (Å²) < 4.78 is 3.38. The molecular weight excluding hydrogens is 240 g/mol. The molecule has 0 aliphatic carbocycles. The molecule has 94 valence electrons. The molecule has 5 heteroatoms. The van der Waals surface area contributed by atoms with E-state index >= 15 is 0 Å². The van der Waals surface area contributed by atoms with Crippen LogP contribution in [0.4, 0.5) is 0 Å². The highest BCUT2D eigenvalue weighted by Crippen LogP contribution is 2.20. The number of nitrogens with zero attached hydrogens (tertiary/aromatic N) is 4. The van der Waals surface area contributed by atoms with Gasteiger partial charge in [-0.2, -0.15) is 10.2 Å². The van der Waals surface area contributed by atoms with E-state index in [0.717, 1.165) is 12.0 Å². The van der Waals surface area contributed by atoms with Gasteiger partial charge in [-0.25, -0.2) is 9.36 Å². The van der Waals surface area contributed by atoms with Crippen LogP contribution in [-0.2, 0) is 0 Å². The zero-order valence-corrected chi connectivity index (χ0v) is 10.4. The van der Waals surface area contributed by atoms with Crippen molar-refractivity contribution in [3.63, 3.8) is 0 Å². The average molecular weight is 252 g/mol. The Kier molecular flexibility index (Phi) is 2.72. The Labute approximate surface area is 110 Å². The second kappa shape index (κ2) is 4.53. The minimum absolute atomic E-state index is 0.549. The normalized spacial score (nSPS) is 10.6. The quantitative estimate of drug-likeness (QED) is 0.671. The third kappa shape index (κ3) is 1.85. The molecule has 0 aliphatic heterocycles. The molecule has 0 amide bonds. The van der Waals surface area contributed by atoms with Crippen LogP contribution in [0.3, 0.4) is 0 Å². The highest BCUT2D eigenvalue weighted by Gasteiger charge is 2.17. The maximum absolute atomic E-state index is 11.3. The van der Waals surface area contributed by atoms with Gasteiger partial charge in [-0.1, -0.05) is 18.2 Å². The van der Waals surface area contributed by atoms with E-state index in [1.54, 1.807) is 21.8 Å². The van der Waals surface area contributed by atoms with Gasteiger partial charge in [0.1, 0.15) is 0 Å². The number of hydrogen-bond donors (Lipinski definition) is 0. The second-order valence-electron chi connectivity index (χ2n) is 4.14. The summed E-state index contributed by atoms with van der Waals surface area (Å²) in [5.41, 5.74) is 2.13. The van der Waals surface area contributed by atoms with Crippen molar-refractivity contribution >= 4 is 6.29 Å². The zero-order valence-electron chi connectivity index (χ0n) is 10.4. The maximum Gasteiger partial charge on any atom is 0.167 e. The lowest BCUT2D eigenvalue weighted by atomic mass is 10.2. The molecular formula is C14H12N4O. The Bertz CT molecular complexity index is 699. The summed E-state index contributed by atoms with van der Waals surface area (Å²) in [6.45, 7) is 1.82. The fourth-order valence-corrected chi connectivity index (χ4v) is 2.03. The van der Waals surface area contributed by atoms with Gasteiger partial charge >= 0.3 is 0 Å². The van der Waals surface area contributed by atoms with Gasteiger partial charge in [0.05, 0.1) is 16.9 Å². The van der Waals surface area contributed by atoms with Crippen LogP contribution in [0.5, 0.6) is 0 Å². The van der Waals surface area contributed by atoms with Crippen molar-refractivity contribution in [2.45, 2.75) is 6.92 Å². The minimum Gasteiger partial charge on any atom is -0.298 e. The lowest BCUT2D eigenvalue weighted by molar-refractivity contribution is 0.112. The van der Waals surface area contributed by atoms with Crippen LogP contribution in [0.25, 0.3) is 11.5 Å². The Morgan fingerprint density at radius 3 is 2.58 bits per heavy atom. The molecule has 0 saturated carbocycles. The SMILES string of the molecule is Cc1nn(-c2ccccc2)c(-n2cccn2)c1C=O. The summed E-state index contributed by atoms with van der Waals surface area (Å²) in [6.07, 6.45) is 4.29. The summed E-state index contributed by atoms with van der Waals surface area (Å²) >= 11 is 0. The number of aryl methyl sites for hydroxylation is 1. The molecule has 0 unspecified atom stereocenters. The molecule has 19 heavy (non-hydrogen) atoms. The van der Waals surface area contributed by atoms with E-state index in [0.29, 0.717) is 17.1 Å². The Morgan fingerprint density at radius 2 is 1.95 bits per heavy atom. The van der Waals surface area contributed by atoms with Crippen molar-refractivity contribution in [3.8, 4) is 11.5 Å². The second-order valence-corrected chi connectivity index (χ2v) is 4.14. The summed E-state index contributed by atoms with van der Waals surface area (Å²) in [6, 6.07) is 11.5. The first-order valence-electron chi connectivity index (χ1n) is 5.91. The number of carbonyl (C=O) groups is 1. The van der Waals surface area contributed by atoms with Gasteiger partial charge in [-0.3, -0.25) is 4.79 Å². The molecule has 0 fully saturated rings. The van der Waals surface area contributed by atoms with Crippen molar-refractivity contribution in [2.75, 3.05) is 0 Å². The van der Waals surface area contributed by atoms with Crippen molar-refractivity contribution in [1.29, 1.82) is 0 Å². The van der Waals surface area contributed by atoms with Gasteiger partial charge in [0.15, 0.2) is 12.1 Å². The number of para-hydroxylation sites is 1.